The predicted molar refractivity (Wildman–Crippen MR) is 151 cm³/mol. The van der Waals surface area contributed by atoms with Crippen LogP contribution in [-0.4, -0.2) is 68.5 Å². The van der Waals surface area contributed by atoms with Gasteiger partial charge in [0, 0.05) is 74.1 Å². The van der Waals surface area contributed by atoms with Crippen LogP contribution in [0.25, 0.3) is 27.8 Å². The van der Waals surface area contributed by atoms with Crippen LogP contribution in [0.4, 0.5) is 11.6 Å². The molecular weight excluding hydrogens is 506 g/mol. The monoisotopic (exact) mass is 533 g/mol. The van der Waals surface area contributed by atoms with Gasteiger partial charge < -0.3 is 20.3 Å². The minimum atomic E-state index is -0.0358. The van der Waals surface area contributed by atoms with Gasteiger partial charge in [-0.15, -0.1) is 5.10 Å². The van der Waals surface area contributed by atoms with Crippen LogP contribution in [0.2, 0.25) is 0 Å². The zero-order chi connectivity index (χ0) is 27.8. The summed E-state index contributed by atoms with van der Waals surface area (Å²) < 4.78 is 8.75. The summed E-state index contributed by atoms with van der Waals surface area (Å²) in [7, 11) is 3.43. The number of piperazine rings is 1. The van der Waals surface area contributed by atoms with Gasteiger partial charge in [0.2, 0.25) is 0 Å². The van der Waals surface area contributed by atoms with Crippen LogP contribution in [0.15, 0.2) is 67.3 Å². The second kappa shape index (κ2) is 10.1. The maximum Gasteiger partial charge on any atom is 0.257 e. The van der Waals surface area contributed by atoms with Gasteiger partial charge in [0.15, 0.2) is 5.82 Å². The van der Waals surface area contributed by atoms with E-state index in [2.05, 4.69) is 21.2 Å². The number of fused-ring (bicyclic) bond motifs is 1. The van der Waals surface area contributed by atoms with E-state index in [9.17, 15) is 10.1 Å². The number of hydrogen-bond donors (Lipinski definition) is 1. The van der Waals surface area contributed by atoms with E-state index in [1.54, 1.807) is 40.8 Å². The zero-order valence-corrected chi connectivity index (χ0v) is 22.2. The van der Waals surface area contributed by atoms with Gasteiger partial charge >= 0.3 is 0 Å². The molecule has 1 saturated heterocycles. The minimum Gasteiger partial charge on any atom is -0.496 e. The van der Waals surface area contributed by atoms with Crippen molar-refractivity contribution in [2.75, 3.05) is 43.9 Å². The van der Waals surface area contributed by atoms with Crippen LogP contribution in [0, 0.1) is 11.3 Å². The Kier molecular flexibility index (Phi) is 6.28. The maximum absolute atomic E-state index is 13.1. The summed E-state index contributed by atoms with van der Waals surface area (Å²) in [6.07, 6.45) is 7.35. The lowest BCUT2D eigenvalue weighted by atomic mass is 10.0. The molecule has 0 bridgehead atoms. The Morgan fingerprint density at radius 3 is 2.50 bits per heavy atom. The Morgan fingerprint density at radius 2 is 1.82 bits per heavy atom. The second-order valence-electron chi connectivity index (χ2n) is 9.59. The molecule has 6 rings (SSSR count). The van der Waals surface area contributed by atoms with Crippen molar-refractivity contribution in [1.82, 2.24) is 29.3 Å². The van der Waals surface area contributed by atoms with Crippen LogP contribution < -0.4 is 15.4 Å². The molecule has 2 N–H and O–H groups in total. The Morgan fingerprint density at radius 1 is 1.02 bits per heavy atom. The van der Waals surface area contributed by atoms with Crippen molar-refractivity contribution in [2.24, 2.45) is 7.05 Å². The fourth-order valence-electron chi connectivity index (χ4n) is 5.12. The summed E-state index contributed by atoms with van der Waals surface area (Å²) in [5, 5.41) is 18.5. The molecule has 1 aromatic carbocycles. The number of rotatable bonds is 5. The molecule has 11 nitrogen and oxygen atoms in total. The maximum atomic E-state index is 13.1. The van der Waals surface area contributed by atoms with E-state index in [0.29, 0.717) is 48.6 Å². The van der Waals surface area contributed by atoms with Crippen molar-refractivity contribution in [3.63, 3.8) is 0 Å². The number of nitrogens with two attached hydrogens (primary N) is 1. The number of nitrogen functional groups attached to an aromatic ring is 1. The Balaban J connectivity index is 1.26. The third kappa shape index (κ3) is 4.35. The molecule has 1 amide bonds. The highest BCUT2D eigenvalue weighted by atomic mass is 16.5. The fourth-order valence-corrected chi connectivity index (χ4v) is 5.12. The van der Waals surface area contributed by atoms with Crippen molar-refractivity contribution in [3.05, 3.63) is 78.4 Å². The van der Waals surface area contributed by atoms with Gasteiger partial charge in [-0.2, -0.15) is 10.4 Å². The van der Waals surface area contributed by atoms with Crippen molar-refractivity contribution >= 4 is 23.1 Å². The number of para-hydroxylation sites is 1. The lowest BCUT2D eigenvalue weighted by molar-refractivity contribution is 0.0743. The number of hydrogen-bond acceptors (Lipinski definition) is 8. The van der Waals surface area contributed by atoms with Crippen LogP contribution in [0.3, 0.4) is 0 Å². The third-order valence-electron chi connectivity index (χ3n) is 7.19. The molecule has 0 radical (unpaired) electrons. The van der Waals surface area contributed by atoms with E-state index in [-0.39, 0.29) is 11.7 Å². The number of pyridine rings is 2. The average Bonchev–Trinajstić information content (AvgIpc) is 3.58. The van der Waals surface area contributed by atoms with Gasteiger partial charge in [0.25, 0.3) is 5.91 Å². The number of amides is 1. The molecule has 0 unspecified atom stereocenters. The van der Waals surface area contributed by atoms with E-state index in [1.807, 2.05) is 54.7 Å². The first-order chi connectivity index (χ1) is 19.5. The van der Waals surface area contributed by atoms with E-state index < -0.39 is 0 Å². The summed E-state index contributed by atoms with van der Waals surface area (Å²) >= 11 is 0. The van der Waals surface area contributed by atoms with Crippen molar-refractivity contribution < 1.29 is 9.53 Å². The van der Waals surface area contributed by atoms with E-state index in [0.717, 1.165) is 28.1 Å². The molecule has 1 aliphatic rings. The summed E-state index contributed by atoms with van der Waals surface area (Å²) in [6, 6.07) is 15.4. The standard InChI is InChI=1S/C29H27N9O2/c1-35-17-21(16-33-35)20-13-23(27-24(14-30)28(31)34-38(27)18-20)19-7-8-26(32-15-19)36-9-11-37(12-10-36)29(39)22-5-3-4-6-25(22)40-2/h3-8,13,15-18H,9-12H2,1-2H3,(H2,31,34). The van der Waals surface area contributed by atoms with Gasteiger partial charge in [0.1, 0.15) is 23.2 Å². The highest BCUT2D eigenvalue weighted by Gasteiger charge is 2.25. The number of nitrogens with zero attached hydrogens (tertiary/aromatic N) is 8. The fraction of sp³-hybridized carbons (Fsp3) is 0.207. The van der Waals surface area contributed by atoms with Gasteiger partial charge in [-0.05, 0) is 30.3 Å². The lowest BCUT2D eigenvalue weighted by Crippen LogP contribution is -2.49. The number of benzene rings is 1. The number of anilines is 2. The summed E-state index contributed by atoms with van der Waals surface area (Å²) in [5.41, 5.74) is 11.1. The Hall–Kier alpha value is -5.37. The average molecular weight is 534 g/mol. The summed E-state index contributed by atoms with van der Waals surface area (Å²) in [4.78, 5) is 21.8. The highest BCUT2D eigenvalue weighted by Crippen LogP contribution is 2.34. The van der Waals surface area contributed by atoms with E-state index in [4.69, 9.17) is 15.5 Å². The predicted octanol–water partition coefficient (Wildman–Crippen LogP) is 3.22. The van der Waals surface area contributed by atoms with Crippen LogP contribution in [0.1, 0.15) is 15.9 Å². The first-order valence-corrected chi connectivity index (χ1v) is 12.8. The van der Waals surface area contributed by atoms with E-state index in [1.165, 1.54) is 0 Å². The second-order valence-corrected chi connectivity index (χ2v) is 9.59. The minimum absolute atomic E-state index is 0.0358. The molecule has 5 heterocycles. The zero-order valence-electron chi connectivity index (χ0n) is 22.2. The van der Waals surface area contributed by atoms with Crippen molar-refractivity contribution in [3.8, 4) is 34.1 Å². The van der Waals surface area contributed by atoms with E-state index >= 15 is 0 Å². The topological polar surface area (TPSA) is 131 Å². The smallest absolute Gasteiger partial charge is 0.257 e. The van der Waals surface area contributed by atoms with Gasteiger partial charge in [-0.3, -0.25) is 9.48 Å². The van der Waals surface area contributed by atoms with Gasteiger partial charge in [0.05, 0.1) is 24.4 Å². The van der Waals surface area contributed by atoms with Crippen LogP contribution >= 0.6 is 0 Å². The highest BCUT2D eigenvalue weighted by molar-refractivity contribution is 5.97. The number of nitriles is 1. The van der Waals surface area contributed by atoms with Crippen molar-refractivity contribution in [2.45, 2.75) is 0 Å². The molecule has 0 spiro atoms. The first kappa shape index (κ1) is 24.9. The SMILES string of the molecule is COc1ccccc1C(=O)N1CCN(c2ccc(-c3cc(-c4cnn(C)c4)cn4nc(N)c(C#N)c34)cn2)CC1. The molecule has 0 saturated carbocycles. The summed E-state index contributed by atoms with van der Waals surface area (Å²) in [5.74, 6) is 1.54. The molecule has 0 aliphatic carbocycles. The van der Waals surface area contributed by atoms with Crippen molar-refractivity contribution in [1.29, 1.82) is 5.26 Å². The number of carbonyl (C=O) groups excluding carboxylic acids is 1. The molecular formula is C29H27N9O2. The van der Waals surface area contributed by atoms with Crippen LogP contribution in [0.5, 0.6) is 5.75 Å². The molecule has 1 aliphatic heterocycles. The summed E-state index contributed by atoms with van der Waals surface area (Å²) in [6.45, 7) is 2.47. The molecule has 1 fully saturated rings. The number of aromatic nitrogens is 5. The number of ether oxygens (including phenoxy) is 1. The normalized spacial score (nSPS) is 13.4. The molecule has 5 aromatic rings. The molecule has 200 valence electrons. The largest absolute Gasteiger partial charge is 0.496 e. The Labute approximate surface area is 230 Å². The van der Waals surface area contributed by atoms with Gasteiger partial charge in [-0.1, -0.05) is 12.1 Å². The number of methoxy groups -OCH3 is 1. The molecule has 11 heteroatoms. The van der Waals surface area contributed by atoms with Crippen LogP contribution in [-0.2, 0) is 7.05 Å². The quantitative estimate of drug-likeness (QED) is 0.364. The first-order valence-electron chi connectivity index (χ1n) is 12.8. The lowest BCUT2D eigenvalue weighted by Gasteiger charge is -2.35. The number of aryl methyl sites for hydroxylation is 1. The van der Waals surface area contributed by atoms with Gasteiger partial charge in [-0.25, -0.2) is 9.50 Å². The molecule has 4 aromatic heterocycles. The third-order valence-corrected chi connectivity index (χ3v) is 7.19. The Bertz CT molecular complexity index is 1760. The molecule has 0 atom stereocenters. The number of carbonyl (C=O) groups is 1. The molecule has 40 heavy (non-hydrogen) atoms.